The van der Waals surface area contributed by atoms with Crippen LogP contribution in [0.1, 0.15) is 43.9 Å². The molecule has 0 fully saturated rings. The number of hydrogen-bond donors (Lipinski definition) is 1. The molecule has 0 radical (unpaired) electrons. The number of aromatic nitrogens is 4. The van der Waals surface area contributed by atoms with Gasteiger partial charge in [0.05, 0.1) is 17.5 Å². The van der Waals surface area contributed by atoms with Crippen molar-refractivity contribution < 1.29 is 4.79 Å². The minimum atomic E-state index is -0.179. The second kappa shape index (κ2) is 9.21. The van der Waals surface area contributed by atoms with E-state index in [4.69, 9.17) is 11.6 Å². The van der Waals surface area contributed by atoms with Gasteiger partial charge in [0.2, 0.25) is 11.1 Å². The van der Waals surface area contributed by atoms with E-state index in [1.165, 1.54) is 17.3 Å². The molecule has 1 N–H and O–H groups in total. The topological polar surface area (TPSA) is 72.7 Å². The highest BCUT2D eigenvalue weighted by Crippen LogP contribution is 2.23. The Morgan fingerprint density at radius 2 is 1.86 bits per heavy atom. The number of rotatable bonds is 7. The summed E-state index contributed by atoms with van der Waals surface area (Å²) >= 11 is 7.48. The third kappa shape index (κ3) is 4.91. The van der Waals surface area contributed by atoms with Crippen LogP contribution in [-0.4, -0.2) is 31.9 Å². The zero-order valence-electron chi connectivity index (χ0n) is 16.0. The smallest absolute Gasteiger partial charge is 0.230 e. The Balaban J connectivity index is 1.62. The highest BCUT2D eigenvalue weighted by Gasteiger charge is 2.15. The maximum absolute atomic E-state index is 12.3. The summed E-state index contributed by atoms with van der Waals surface area (Å²) in [5.41, 5.74) is 3.00. The quantitative estimate of drug-likeness (QED) is 0.578. The van der Waals surface area contributed by atoms with Gasteiger partial charge in [0.15, 0.2) is 0 Å². The summed E-state index contributed by atoms with van der Waals surface area (Å²) in [6.45, 7) is 6.20. The summed E-state index contributed by atoms with van der Waals surface area (Å²) in [6.07, 6.45) is 0. The van der Waals surface area contributed by atoms with E-state index < -0.39 is 0 Å². The summed E-state index contributed by atoms with van der Waals surface area (Å²) in [4.78, 5) is 12.3. The van der Waals surface area contributed by atoms with Crippen molar-refractivity contribution in [3.05, 3.63) is 64.7 Å². The maximum atomic E-state index is 12.3. The molecule has 0 bridgehead atoms. The molecule has 1 amide bonds. The summed E-state index contributed by atoms with van der Waals surface area (Å²) in [6, 6.07) is 15.4. The Morgan fingerprint density at radius 3 is 2.54 bits per heavy atom. The third-order valence-electron chi connectivity index (χ3n) is 4.33. The van der Waals surface area contributed by atoms with Crippen molar-refractivity contribution in [3.8, 4) is 5.69 Å². The van der Waals surface area contributed by atoms with Crippen LogP contribution in [0.4, 0.5) is 0 Å². The number of nitrogens with zero attached hydrogens (tertiary/aromatic N) is 4. The predicted octanol–water partition coefficient (Wildman–Crippen LogP) is 4.41. The van der Waals surface area contributed by atoms with Crippen molar-refractivity contribution in [1.29, 1.82) is 0 Å². The van der Waals surface area contributed by atoms with Crippen LogP contribution >= 0.6 is 23.4 Å². The fourth-order valence-corrected chi connectivity index (χ4v) is 3.75. The Morgan fingerprint density at radius 1 is 1.14 bits per heavy atom. The second-order valence-corrected chi connectivity index (χ2v) is 8.07. The van der Waals surface area contributed by atoms with Gasteiger partial charge in [-0.1, -0.05) is 67.5 Å². The van der Waals surface area contributed by atoms with E-state index >= 15 is 0 Å². The standard InChI is InChI=1S/C20H22ClN5OS/c1-13(2)15-8-10-16(11-9-15)26-20(23-24-25-26)28-12-19(27)22-14(3)17-6-4-5-7-18(17)21/h4-11,13-14H,12H2,1-3H3,(H,22,27)/t14-/m1/s1. The molecule has 0 unspecified atom stereocenters. The number of nitrogens with one attached hydrogen (secondary N) is 1. The van der Waals surface area contributed by atoms with Crippen molar-refractivity contribution in [2.24, 2.45) is 0 Å². The van der Waals surface area contributed by atoms with Gasteiger partial charge < -0.3 is 5.32 Å². The van der Waals surface area contributed by atoms with Crippen LogP contribution < -0.4 is 5.32 Å². The molecule has 1 aromatic heterocycles. The second-order valence-electron chi connectivity index (χ2n) is 6.72. The molecule has 28 heavy (non-hydrogen) atoms. The number of carbonyl (C=O) groups is 1. The first kappa shape index (κ1) is 20.4. The van der Waals surface area contributed by atoms with E-state index in [9.17, 15) is 4.79 Å². The number of hydrogen-bond acceptors (Lipinski definition) is 5. The number of halogens is 1. The minimum absolute atomic E-state index is 0.109. The normalized spacial score (nSPS) is 12.2. The Bertz CT molecular complexity index is 942. The molecule has 0 saturated carbocycles. The lowest BCUT2D eigenvalue weighted by Crippen LogP contribution is -2.28. The lowest BCUT2D eigenvalue weighted by Gasteiger charge is -2.15. The Labute approximate surface area is 173 Å². The monoisotopic (exact) mass is 415 g/mol. The molecular formula is C20H22ClN5OS. The molecule has 8 heteroatoms. The van der Waals surface area contributed by atoms with Gasteiger partial charge in [0.25, 0.3) is 0 Å². The van der Waals surface area contributed by atoms with Crippen molar-refractivity contribution in [3.63, 3.8) is 0 Å². The molecule has 0 aliphatic carbocycles. The Kier molecular flexibility index (Phi) is 6.70. The number of benzene rings is 2. The van der Waals surface area contributed by atoms with Gasteiger partial charge in [-0.25, -0.2) is 0 Å². The van der Waals surface area contributed by atoms with Crippen LogP contribution in [0.25, 0.3) is 5.69 Å². The molecule has 0 saturated heterocycles. The SMILES string of the molecule is CC(C)c1ccc(-n2nnnc2SCC(=O)N[C@H](C)c2ccccc2Cl)cc1. The predicted molar refractivity (Wildman–Crippen MR) is 112 cm³/mol. The first-order valence-corrected chi connectivity index (χ1v) is 10.4. The van der Waals surface area contributed by atoms with E-state index in [1.54, 1.807) is 4.68 Å². The number of amides is 1. The average Bonchev–Trinajstić information content (AvgIpc) is 3.15. The highest BCUT2D eigenvalue weighted by atomic mass is 35.5. The molecule has 0 aliphatic heterocycles. The van der Waals surface area contributed by atoms with E-state index in [2.05, 4.69) is 46.8 Å². The molecule has 1 atom stereocenters. The van der Waals surface area contributed by atoms with Crippen molar-refractivity contribution >= 4 is 29.3 Å². The van der Waals surface area contributed by atoms with Gasteiger partial charge in [0.1, 0.15) is 0 Å². The fourth-order valence-electron chi connectivity index (χ4n) is 2.75. The fraction of sp³-hybridized carbons (Fsp3) is 0.300. The van der Waals surface area contributed by atoms with Crippen LogP contribution in [-0.2, 0) is 4.79 Å². The minimum Gasteiger partial charge on any atom is -0.349 e. The van der Waals surface area contributed by atoms with Crippen LogP contribution in [0.2, 0.25) is 5.02 Å². The third-order valence-corrected chi connectivity index (χ3v) is 5.59. The van der Waals surface area contributed by atoms with Crippen molar-refractivity contribution in [2.45, 2.75) is 37.9 Å². The molecule has 146 valence electrons. The van der Waals surface area contributed by atoms with Gasteiger partial charge >= 0.3 is 0 Å². The van der Waals surface area contributed by atoms with Crippen LogP contribution in [0.5, 0.6) is 0 Å². The highest BCUT2D eigenvalue weighted by molar-refractivity contribution is 7.99. The summed E-state index contributed by atoms with van der Waals surface area (Å²) in [5.74, 6) is 0.557. The van der Waals surface area contributed by atoms with Gasteiger partial charge in [-0.05, 0) is 52.6 Å². The summed E-state index contributed by atoms with van der Waals surface area (Å²) in [5, 5.41) is 16.0. The molecule has 6 nitrogen and oxygen atoms in total. The maximum Gasteiger partial charge on any atom is 0.230 e. The zero-order valence-corrected chi connectivity index (χ0v) is 17.5. The van der Waals surface area contributed by atoms with Crippen molar-refractivity contribution in [1.82, 2.24) is 25.5 Å². The molecule has 2 aromatic carbocycles. The number of tetrazole rings is 1. The lowest BCUT2D eigenvalue weighted by molar-refractivity contribution is -0.119. The average molecular weight is 416 g/mol. The molecule has 3 aromatic rings. The van der Waals surface area contributed by atoms with Gasteiger partial charge in [0, 0.05) is 5.02 Å². The lowest BCUT2D eigenvalue weighted by atomic mass is 10.0. The summed E-state index contributed by atoms with van der Waals surface area (Å²) in [7, 11) is 0. The largest absolute Gasteiger partial charge is 0.349 e. The zero-order chi connectivity index (χ0) is 20.1. The molecule has 3 rings (SSSR count). The summed E-state index contributed by atoms with van der Waals surface area (Å²) < 4.78 is 1.64. The number of carbonyl (C=O) groups excluding carboxylic acids is 1. The van der Waals surface area contributed by atoms with Gasteiger partial charge in [-0.15, -0.1) is 5.10 Å². The van der Waals surface area contributed by atoms with E-state index in [-0.39, 0.29) is 17.7 Å². The van der Waals surface area contributed by atoms with E-state index in [1.807, 2.05) is 43.3 Å². The van der Waals surface area contributed by atoms with Crippen molar-refractivity contribution in [2.75, 3.05) is 5.75 Å². The van der Waals surface area contributed by atoms with Gasteiger partial charge in [-0.3, -0.25) is 4.79 Å². The molecule has 1 heterocycles. The molecular weight excluding hydrogens is 394 g/mol. The first-order chi connectivity index (χ1) is 13.5. The van der Waals surface area contributed by atoms with Crippen LogP contribution in [0, 0.1) is 0 Å². The van der Waals surface area contributed by atoms with Crippen LogP contribution in [0.15, 0.2) is 53.7 Å². The first-order valence-electron chi connectivity index (χ1n) is 9.01. The molecule has 0 spiro atoms. The van der Waals surface area contributed by atoms with E-state index in [0.29, 0.717) is 16.1 Å². The van der Waals surface area contributed by atoms with E-state index in [0.717, 1.165) is 11.3 Å². The van der Waals surface area contributed by atoms with Crippen LogP contribution in [0.3, 0.4) is 0 Å². The number of thioether (sulfide) groups is 1. The molecule has 0 aliphatic rings. The Hall–Kier alpha value is -2.38. The van der Waals surface area contributed by atoms with Gasteiger partial charge in [-0.2, -0.15) is 4.68 Å².